The van der Waals surface area contributed by atoms with Crippen LogP contribution in [0.15, 0.2) is 0 Å². The van der Waals surface area contributed by atoms with Crippen LogP contribution in [0.2, 0.25) is 0 Å². The molecule has 4 fully saturated rings. The molecule has 4 aliphatic carbocycles. The minimum Gasteiger partial charge on any atom is -0.469 e. The van der Waals surface area contributed by atoms with E-state index in [4.69, 9.17) is 15.2 Å². The lowest BCUT2D eigenvalue weighted by atomic mass is 9.46. The Hall–Kier alpha value is -1.26. The number of ether oxygens (including phenoxy) is 2. The van der Waals surface area contributed by atoms with Gasteiger partial charge in [-0.15, -0.1) is 0 Å². The fourth-order valence-corrected chi connectivity index (χ4v) is 5.34. The maximum absolute atomic E-state index is 11.9. The number of esters is 1. The fourth-order valence-electron chi connectivity index (χ4n) is 5.34. The molecule has 0 aliphatic heterocycles. The van der Waals surface area contributed by atoms with Gasteiger partial charge in [0.2, 0.25) is 0 Å². The summed E-state index contributed by atoms with van der Waals surface area (Å²) in [5.41, 5.74) is 5.03. The number of nitrogens with two attached hydrogens (primary N) is 1. The van der Waals surface area contributed by atoms with Crippen LogP contribution in [0.25, 0.3) is 0 Å². The van der Waals surface area contributed by atoms with Crippen molar-refractivity contribution in [2.75, 3.05) is 7.11 Å². The van der Waals surface area contributed by atoms with Crippen LogP contribution in [0.3, 0.4) is 0 Å². The van der Waals surface area contributed by atoms with Gasteiger partial charge < -0.3 is 15.2 Å². The number of rotatable bonds is 2. The van der Waals surface area contributed by atoms with Gasteiger partial charge >= 0.3 is 12.1 Å². The number of carbonyl (C=O) groups excluding carboxylic acids is 2. The number of hydrogen-bond acceptors (Lipinski definition) is 4. The molecular weight excluding hydrogens is 222 g/mol. The fraction of sp³-hybridized carbons (Fsp3) is 0.833. The van der Waals surface area contributed by atoms with Crippen molar-refractivity contribution < 1.29 is 19.1 Å². The molecule has 4 aliphatic rings. The van der Waals surface area contributed by atoms with Gasteiger partial charge in [-0.2, -0.15) is 0 Å². The molecule has 0 heterocycles. The molecule has 1 spiro atoms. The van der Waals surface area contributed by atoms with E-state index in [9.17, 15) is 9.59 Å². The van der Waals surface area contributed by atoms with E-state index in [1.807, 2.05) is 0 Å². The number of primary amides is 1. The molecule has 17 heavy (non-hydrogen) atoms. The van der Waals surface area contributed by atoms with E-state index in [1.165, 1.54) is 7.11 Å². The van der Waals surface area contributed by atoms with Gasteiger partial charge in [0.15, 0.2) is 0 Å². The summed E-state index contributed by atoms with van der Waals surface area (Å²) < 4.78 is 10.1. The first-order valence-corrected chi connectivity index (χ1v) is 6.10. The molecule has 0 bridgehead atoms. The van der Waals surface area contributed by atoms with Crippen molar-refractivity contribution in [1.82, 2.24) is 0 Å². The summed E-state index contributed by atoms with van der Waals surface area (Å²) in [5, 5.41) is 0. The van der Waals surface area contributed by atoms with E-state index >= 15 is 0 Å². The van der Waals surface area contributed by atoms with E-state index in [0.29, 0.717) is 17.8 Å². The molecule has 0 radical (unpaired) electrons. The molecule has 0 aromatic heterocycles. The van der Waals surface area contributed by atoms with Gasteiger partial charge in [-0.05, 0) is 30.6 Å². The largest absolute Gasteiger partial charge is 0.469 e. The SMILES string of the molecule is COC(=O)C12CC3C(OC(N)=O)C4CC1(C2)C34. The van der Waals surface area contributed by atoms with Crippen LogP contribution in [0, 0.1) is 28.6 Å². The van der Waals surface area contributed by atoms with Crippen molar-refractivity contribution >= 4 is 12.1 Å². The summed E-state index contributed by atoms with van der Waals surface area (Å²) in [6.07, 6.45) is 2.06. The zero-order valence-corrected chi connectivity index (χ0v) is 9.64. The highest BCUT2D eigenvalue weighted by molar-refractivity contribution is 5.84. The Morgan fingerprint density at radius 3 is 2.65 bits per heavy atom. The third-order valence-electron chi connectivity index (χ3n) is 5.86. The minimum absolute atomic E-state index is 0.0440. The first kappa shape index (κ1) is 9.74. The van der Waals surface area contributed by atoms with E-state index in [0.717, 1.165) is 19.3 Å². The van der Waals surface area contributed by atoms with Crippen LogP contribution >= 0.6 is 0 Å². The molecule has 2 N–H and O–H groups in total. The first-order valence-electron chi connectivity index (χ1n) is 6.10. The lowest BCUT2D eigenvalue weighted by Gasteiger charge is -2.60. The minimum atomic E-state index is -0.693. The lowest BCUT2D eigenvalue weighted by Crippen LogP contribution is -2.62. The molecule has 4 saturated carbocycles. The zero-order valence-electron chi connectivity index (χ0n) is 9.64. The summed E-state index contributed by atoms with van der Waals surface area (Å²) in [7, 11) is 1.46. The Kier molecular flexibility index (Phi) is 1.40. The van der Waals surface area contributed by atoms with Gasteiger partial charge in [-0.3, -0.25) is 4.79 Å². The van der Waals surface area contributed by atoms with Crippen molar-refractivity contribution in [3.8, 4) is 0 Å². The van der Waals surface area contributed by atoms with Gasteiger partial charge in [0.25, 0.3) is 0 Å². The summed E-state index contributed by atoms with van der Waals surface area (Å²) >= 11 is 0. The highest BCUT2D eigenvalue weighted by Gasteiger charge is 2.91. The molecule has 4 rings (SSSR count). The molecule has 92 valence electrons. The average molecular weight is 237 g/mol. The van der Waals surface area contributed by atoms with Crippen LogP contribution in [0.4, 0.5) is 4.79 Å². The highest BCUT2D eigenvalue weighted by atomic mass is 16.6. The summed E-state index contributed by atoms with van der Waals surface area (Å²) in [4.78, 5) is 22.7. The van der Waals surface area contributed by atoms with Crippen LogP contribution in [-0.4, -0.2) is 25.3 Å². The van der Waals surface area contributed by atoms with Crippen molar-refractivity contribution in [2.24, 2.45) is 34.3 Å². The van der Waals surface area contributed by atoms with Gasteiger partial charge in [-0.1, -0.05) is 0 Å². The predicted molar refractivity (Wildman–Crippen MR) is 55.7 cm³/mol. The second kappa shape index (κ2) is 2.44. The Morgan fingerprint density at radius 2 is 2.00 bits per heavy atom. The highest BCUT2D eigenvalue weighted by Crippen LogP contribution is 2.91. The van der Waals surface area contributed by atoms with Gasteiger partial charge in [0, 0.05) is 11.8 Å². The second-order valence-electron chi connectivity index (χ2n) is 6.07. The van der Waals surface area contributed by atoms with E-state index in [-0.39, 0.29) is 22.9 Å². The van der Waals surface area contributed by atoms with Crippen molar-refractivity contribution in [1.29, 1.82) is 0 Å². The van der Waals surface area contributed by atoms with E-state index < -0.39 is 6.09 Å². The maximum Gasteiger partial charge on any atom is 0.404 e. The van der Waals surface area contributed by atoms with Crippen molar-refractivity contribution in [3.05, 3.63) is 0 Å². The number of carbonyl (C=O) groups is 2. The molecule has 1 amide bonds. The molecular formula is C12H15NO4. The summed E-state index contributed by atoms with van der Waals surface area (Å²) in [6.45, 7) is 0. The molecule has 6 unspecified atom stereocenters. The third kappa shape index (κ3) is 0.770. The molecule has 5 heteroatoms. The van der Waals surface area contributed by atoms with Gasteiger partial charge in [0.05, 0.1) is 12.5 Å². The monoisotopic (exact) mass is 237 g/mol. The summed E-state index contributed by atoms with van der Waals surface area (Å²) in [6, 6.07) is 0. The quantitative estimate of drug-likeness (QED) is 0.716. The smallest absolute Gasteiger partial charge is 0.404 e. The van der Waals surface area contributed by atoms with E-state index in [1.54, 1.807) is 0 Å². The molecule has 0 aromatic carbocycles. The van der Waals surface area contributed by atoms with Gasteiger partial charge in [0.1, 0.15) is 6.10 Å². The number of methoxy groups -OCH3 is 1. The maximum atomic E-state index is 11.9. The predicted octanol–water partition coefficient (Wildman–Crippen LogP) is 0.669. The Balaban J connectivity index is 1.59. The van der Waals surface area contributed by atoms with Crippen LogP contribution in [0.5, 0.6) is 0 Å². The van der Waals surface area contributed by atoms with Crippen molar-refractivity contribution in [2.45, 2.75) is 25.4 Å². The summed E-state index contributed by atoms with van der Waals surface area (Å²) in [5.74, 6) is 1.30. The second-order valence-corrected chi connectivity index (χ2v) is 6.07. The number of hydrogen-bond donors (Lipinski definition) is 1. The third-order valence-corrected chi connectivity index (χ3v) is 5.86. The Bertz CT molecular complexity index is 450. The van der Waals surface area contributed by atoms with Gasteiger partial charge in [-0.25, -0.2) is 4.79 Å². The van der Waals surface area contributed by atoms with Crippen LogP contribution in [0.1, 0.15) is 19.3 Å². The average Bonchev–Trinajstić information content (AvgIpc) is 2.90. The molecule has 6 atom stereocenters. The zero-order chi connectivity index (χ0) is 12.0. The topological polar surface area (TPSA) is 78.6 Å². The molecule has 0 saturated heterocycles. The van der Waals surface area contributed by atoms with Crippen molar-refractivity contribution in [3.63, 3.8) is 0 Å². The molecule has 0 aromatic rings. The number of amides is 1. The normalized spacial score (nSPS) is 55.8. The standard InChI is InChI=1S/C12H15NO4/c1-16-9(14)12-3-6-7-5(2-11(7,12)4-12)8(6)17-10(13)15/h5-8H,2-4H2,1H3,(H2,13,15). The first-order chi connectivity index (χ1) is 8.06. The molecule has 5 nitrogen and oxygen atoms in total. The lowest BCUT2D eigenvalue weighted by molar-refractivity contribution is -0.186. The van der Waals surface area contributed by atoms with Crippen LogP contribution in [-0.2, 0) is 14.3 Å². The van der Waals surface area contributed by atoms with E-state index in [2.05, 4.69) is 0 Å². The Morgan fingerprint density at radius 1 is 1.29 bits per heavy atom. The Labute approximate surface area is 98.6 Å². The van der Waals surface area contributed by atoms with Crippen LogP contribution < -0.4 is 5.73 Å².